The number of aromatic nitrogens is 1. The van der Waals surface area contributed by atoms with Crippen LogP contribution in [0.15, 0.2) is 63.6 Å². The maximum Gasteiger partial charge on any atom is 0.338 e. The average molecular weight is 388 g/mol. The zero-order valence-electron chi connectivity index (χ0n) is 12.9. The number of hydrogen-bond acceptors (Lipinski definition) is 5. The van der Waals surface area contributed by atoms with Gasteiger partial charge in [0.2, 0.25) is 5.89 Å². The van der Waals surface area contributed by atoms with E-state index < -0.39 is 5.97 Å². The summed E-state index contributed by atoms with van der Waals surface area (Å²) in [6.07, 6.45) is 1.61. The van der Waals surface area contributed by atoms with Crippen molar-refractivity contribution in [2.24, 2.45) is 0 Å². The van der Waals surface area contributed by atoms with E-state index in [2.05, 4.69) is 20.9 Å². The lowest BCUT2D eigenvalue weighted by atomic mass is 10.2. The number of esters is 1. The summed E-state index contributed by atoms with van der Waals surface area (Å²) < 4.78 is 16.6. The molecule has 5 nitrogen and oxygen atoms in total. The van der Waals surface area contributed by atoms with Crippen LogP contribution in [0.1, 0.15) is 16.2 Å². The third kappa shape index (κ3) is 3.65. The quantitative estimate of drug-likeness (QED) is 0.604. The number of methoxy groups -OCH3 is 1. The molecule has 0 radical (unpaired) electrons. The molecule has 0 amide bonds. The van der Waals surface area contributed by atoms with E-state index in [1.807, 2.05) is 30.3 Å². The standard InChI is InChI=1S/C18H14BrNO4/c1-22-15-8-7-13(9-14(15)19)18(21)23-11-17-20-10-16(24-17)12-5-3-2-4-6-12/h2-10H,11H2,1H3. The highest BCUT2D eigenvalue weighted by molar-refractivity contribution is 9.10. The molecular weight excluding hydrogens is 374 g/mol. The normalized spacial score (nSPS) is 10.4. The Morgan fingerprint density at radius 3 is 2.71 bits per heavy atom. The number of carbonyl (C=O) groups is 1. The second-order valence-corrected chi connectivity index (χ2v) is 5.76. The molecule has 0 bridgehead atoms. The topological polar surface area (TPSA) is 61.6 Å². The van der Waals surface area contributed by atoms with Gasteiger partial charge in [-0.3, -0.25) is 0 Å². The van der Waals surface area contributed by atoms with E-state index in [0.717, 1.165) is 5.56 Å². The molecule has 24 heavy (non-hydrogen) atoms. The number of halogens is 1. The van der Waals surface area contributed by atoms with Crippen LogP contribution in [-0.2, 0) is 11.3 Å². The van der Waals surface area contributed by atoms with E-state index in [-0.39, 0.29) is 6.61 Å². The van der Waals surface area contributed by atoms with E-state index in [4.69, 9.17) is 13.9 Å². The Balaban J connectivity index is 1.65. The second kappa shape index (κ2) is 7.31. The summed E-state index contributed by atoms with van der Waals surface area (Å²) >= 11 is 3.34. The molecule has 3 aromatic rings. The summed E-state index contributed by atoms with van der Waals surface area (Å²) in [4.78, 5) is 16.2. The van der Waals surface area contributed by atoms with Crippen LogP contribution in [0.5, 0.6) is 5.75 Å². The fourth-order valence-corrected chi connectivity index (χ4v) is 2.66. The SMILES string of the molecule is COc1ccc(C(=O)OCc2ncc(-c3ccccc3)o2)cc1Br. The minimum absolute atomic E-state index is 0.0324. The van der Waals surface area contributed by atoms with Crippen molar-refractivity contribution in [2.75, 3.05) is 7.11 Å². The summed E-state index contributed by atoms with van der Waals surface area (Å²) in [5.41, 5.74) is 1.33. The van der Waals surface area contributed by atoms with Crippen LogP contribution in [0.25, 0.3) is 11.3 Å². The molecule has 0 N–H and O–H groups in total. The lowest BCUT2D eigenvalue weighted by Crippen LogP contribution is -2.05. The third-order valence-corrected chi connectivity index (χ3v) is 3.95. The Morgan fingerprint density at radius 1 is 1.21 bits per heavy atom. The van der Waals surface area contributed by atoms with Gasteiger partial charge in [-0.15, -0.1) is 0 Å². The Bertz CT molecular complexity index is 845. The van der Waals surface area contributed by atoms with E-state index in [0.29, 0.717) is 27.4 Å². The molecule has 0 aliphatic carbocycles. The Labute approximate surface area is 147 Å². The highest BCUT2D eigenvalue weighted by atomic mass is 79.9. The number of carbonyl (C=O) groups excluding carboxylic acids is 1. The maximum absolute atomic E-state index is 12.1. The number of nitrogens with zero attached hydrogens (tertiary/aromatic N) is 1. The minimum atomic E-state index is -0.460. The van der Waals surface area contributed by atoms with Gasteiger partial charge in [0.1, 0.15) is 5.75 Å². The lowest BCUT2D eigenvalue weighted by Gasteiger charge is -2.06. The molecule has 0 saturated carbocycles. The Morgan fingerprint density at radius 2 is 2.00 bits per heavy atom. The molecule has 1 heterocycles. The molecule has 0 aliphatic heterocycles. The summed E-state index contributed by atoms with van der Waals surface area (Å²) in [5.74, 6) is 1.16. The first-order valence-corrected chi connectivity index (χ1v) is 7.97. The molecule has 122 valence electrons. The van der Waals surface area contributed by atoms with Crippen LogP contribution in [0, 0.1) is 0 Å². The van der Waals surface area contributed by atoms with Crippen LogP contribution in [0.2, 0.25) is 0 Å². The van der Waals surface area contributed by atoms with E-state index in [1.165, 1.54) is 0 Å². The average Bonchev–Trinajstić information content (AvgIpc) is 3.09. The first kappa shape index (κ1) is 16.3. The maximum atomic E-state index is 12.1. The van der Waals surface area contributed by atoms with Crippen LogP contribution >= 0.6 is 15.9 Å². The minimum Gasteiger partial charge on any atom is -0.496 e. The number of rotatable bonds is 5. The van der Waals surface area contributed by atoms with Gasteiger partial charge in [-0.05, 0) is 34.1 Å². The van der Waals surface area contributed by atoms with Gasteiger partial charge >= 0.3 is 5.97 Å². The highest BCUT2D eigenvalue weighted by Gasteiger charge is 2.13. The van der Waals surface area contributed by atoms with Crippen LogP contribution < -0.4 is 4.74 Å². The summed E-state index contributed by atoms with van der Waals surface area (Å²) in [6.45, 7) is -0.0324. The molecular formula is C18H14BrNO4. The van der Waals surface area contributed by atoms with Crippen LogP contribution in [-0.4, -0.2) is 18.1 Å². The molecule has 3 rings (SSSR count). The van der Waals surface area contributed by atoms with Gasteiger partial charge in [-0.25, -0.2) is 9.78 Å². The molecule has 0 unspecified atom stereocenters. The first-order chi connectivity index (χ1) is 11.7. The molecule has 1 aromatic heterocycles. The summed E-state index contributed by atoms with van der Waals surface area (Å²) in [7, 11) is 1.56. The zero-order chi connectivity index (χ0) is 16.9. The van der Waals surface area contributed by atoms with Crippen molar-refractivity contribution in [3.63, 3.8) is 0 Å². The van der Waals surface area contributed by atoms with Crippen molar-refractivity contribution in [2.45, 2.75) is 6.61 Å². The first-order valence-electron chi connectivity index (χ1n) is 7.18. The monoisotopic (exact) mass is 387 g/mol. The number of hydrogen-bond donors (Lipinski definition) is 0. The fourth-order valence-electron chi connectivity index (χ4n) is 2.12. The number of oxazole rings is 1. The van der Waals surface area contributed by atoms with Crippen LogP contribution in [0.3, 0.4) is 0 Å². The van der Waals surface area contributed by atoms with Gasteiger partial charge in [0.05, 0.1) is 23.3 Å². The van der Waals surface area contributed by atoms with Gasteiger partial charge in [0, 0.05) is 5.56 Å². The van der Waals surface area contributed by atoms with E-state index in [9.17, 15) is 4.79 Å². The third-order valence-electron chi connectivity index (χ3n) is 3.33. The van der Waals surface area contributed by atoms with Gasteiger partial charge in [-0.2, -0.15) is 0 Å². The second-order valence-electron chi connectivity index (χ2n) is 4.91. The van der Waals surface area contributed by atoms with Crippen molar-refractivity contribution in [1.82, 2.24) is 4.98 Å². The molecule has 6 heteroatoms. The van der Waals surface area contributed by atoms with Crippen LogP contribution in [0.4, 0.5) is 0 Å². The molecule has 0 saturated heterocycles. The molecule has 0 spiro atoms. The van der Waals surface area contributed by atoms with Crippen molar-refractivity contribution in [3.05, 3.63) is 70.7 Å². The van der Waals surface area contributed by atoms with Crippen molar-refractivity contribution < 1.29 is 18.7 Å². The zero-order valence-corrected chi connectivity index (χ0v) is 14.4. The Hall–Kier alpha value is -2.60. The lowest BCUT2D eigenvalue weighted by molar-refractivity contribution is 0.0439. The van der Waals surface area contributed by atoms with Gasteiger partial charge in [0.15, 0.2) is 12.4 Å². The number of benzene rings is 2. The van der Waals surface area contributed by atoms with Crippen molar-refractivity contribution >= 4 is 21.9 Å². The molecule has 0 fully saturated rings. The highest BCUT2D eigenvalue weighted by Crippen LogP contribution is 2.26. The van der Waals surface area contributed by atoms with Crippen molar-refractivity contribution in [3.8, 4) is 17.1 Å². The van der Waals surface area contributed by atoms with Gasteiger partial charge in [0.25, 0.3) is 0 Å². The van der Waals surface area contributed by atoms with E-state index >= 15 is 0 Å². The molecule has 0 aliphatic rings. The van der Waals surface area contributed by atoms with Gasteiger partial charge < -0.3 is 13.9 Å². The van der Waals surface area contributed by atoms with Crippen molar-refractivity contribution in [1.29, 1.82) is 0 Å². The summed E-state index contributed by atoms with van der Waals surface area (Å²) in [5, 5.41) is 0. The Kier molecular flexibility index (Phi) is 4.96. The smallest absolute Gasteiger partial charge is 0.338 e. The molecule has 2 aromatic carbocycles. The summed E-state index contributed by atoms with van der Waals surface area (Å²) in [6, 6.07) is 14.6. The predicted octanol–water partition coefficient (Wildman–Crippen LogP) is 4.47. The van der Waals surface area contributed by atoms with Gasteiger partial charge in [-0.1, -0.05) is 30.3 Å². The number of ether oxygens (including phenoxy) is 2. The van der Waals surface area contributed by atoms with E-state index in [1.54, 1.807) is 31.5 Å². The fraction of sp³-hybridized carbons (Fsp3) is 0.111. The largest absolute Gasteiger partial charge is 0.496 e. The molecule has 0 atom stereocenters. The predicted molar refractivity (Wildman–Crippen MR) is 91.8 cm³/mol.